The molecule has 1 aliphatic carbocycles. The number of methoxy groups -OCH3 is 1. The molecule has 0 radical (unpaired) electrons. The molecule has 2 unspecified atom stereocenters. The van der Waals surface area contributed by atoms with Crippen molar-refractivity contribution in [2.45, 2.75) is 58.2 Å². The summed E-state index contributed by atoms with van der Waals surface area (Å²) in [6.45, 7) is 6.72. The smallest absolute Gasteiger partial charge is 0.410 e. The van der Waals surface area contributed by atoms with Gasteiger partial charge in [0.2, 0.25) is 0 Å². The Morgan fingerprint density at radius 1 is 1.32 bits per heavy atom. The first kappa shape index (κ1) is 17.1. The Bertz CT molecular complexity index is 438. The van der Waals surface area contributed by atoms with Gasteiger partial charge in [0.05, 0.1) is 7.11 Å². The molecule has 1 aliphatic heterocycles. The molecule has 1 saturated heterocycles. The van der Waals surface area contributed by atoms with E-state index >= 15 is 0 Å². The fourth-order valence-corrected chi connectivity index (χ4v) is 3.33. The number of ether oxygens (including phenoxy) is 2. The third-order valence-corrected chi connectivity index (χ3v) is 4.68. The SMILES string of the molecule is COC(=O)C(O)C1(C2CCCN(C(=O)OC(C)(C)C)C2)CC1. The molecule has 1 saturated carbocycles. The lowest BCUT2D eigenvalue weighted by molar-refractivity contribution is -0.156. The van der Waals surface area contributed by atoms with Crippen LogP contribution in [0.5, 0.6) is 0 Å². The Labute approximate surface area is 131 Å². The van der Waals surface area contributed by atoms with E-state index in [-0.39, 0.29) is 12.0 Å². The highest BCUT2D eigenvalue weighted by molar-refractivity contribution is 5.76. The zero-order chi connectivity index (χ0) is 16.5. The van der Waals surface area contributed by atoms with Crippen LogP contribution in [0.3, 0.4) is 0 Å². The van der Waals surface area contributed by atoms with Gasteiger partial charge in [-0.2, -0.15) is 0 Å². The number of hydrogen-bond acceptors (Lipinski definition) is 5. The molecule has 6 heteroatoms. The van der Waals surface area contributed by atoms with Gasteiger partial charge in [0.1, 0.15) is 5.60 Å². The normalized spacial score (nSPS) is 25.3. The molecule has 1 N–H and O–H groups in total. The van der Waals surface area contributed by atoms with Gasteiger partial charge < -0.3 is 19.5 Å². The second kappa shape index (κ2) is 6.07. The molecule has 6 nitrogen and oxygen atoms in total. The number of esters is 1. The molecular weight excluding hydrogens is 286 g/mol. The van der Waals surface area contributed by atoms with Crippen LogP contribution in [0.1, 0.15) is 46.5 Å². The molecule has 22 heavy (non-hydrogen) atoms. The van der Waals surface area contributed by atoms with E-state index < -0.39 is 23.1 Å². The summed E-state index contributed by atoms with van der Waals surface area (Å²) in [4.78, 5) is 25.6. The van der Waals surface area contributed by atoms with Crippen LogP contribution in [-0.4, -0.2) is 54.0 Å². The van der Waals surface area contributed by atoms with Gasteiger partial charge in [-0.3, -0.25) is 0 Å². The largest absolute Gasteiger partial charge is 0.467 e. The lowest BCUT2D eigenvalue weighted by Crippen LogP contribution is -2.48. The Morgan fingerprint density at radius 2 is 1.95 bits per heavy atom. The highest BCUT2D eigenvalue weighted by Gasteiger charge is 2.58. The fraction of sp³-hybridized carbons (Fsp3) is 0.875. The Balaban J connectivity index is 2.02. The van der Waals surface area contributed by atoms with E-state index in [1.165, 1.54) is 7.11 Å². The van der Waals surface area contributed by atoms with E-state index in [9.17, 15) is 14.7 Å². The average molecular weight is 313 g/mol. The van der Waals surface area contributed by atoms with Crippen LogP contribution < -0.4 is 0 Å². The minimum atomic E-state index is -1.10. The summed E-state index contributed by atoms with van der Waals surface area (Å²) < 4.78 is 10.1. The van der Waals surface area contributed by atoms with Gasteiger partial charge in [-0.15, -0.1) is 0 Å². The van der Waals surface area contributed by atoms with Crippen molar-refractivity contribution in [2.24, 2.45) is 11.3 Å². The van der Waals surface area contributed by atoms with Crippen molar-refractivity contribution in [3.8, 4) is 0 Å². The van der Waals surface area contributed by atoms with Gasteiger partial charge in [-0.1, -0.05) is 0 Å². The summed E-state index contributed by atoms with van der Waals surface area (Å²) in [7, 11) is 1.29. The molecule has 2 aliphatic rings. The first-order valence-corrected chi connectivity index (χ1v) is 7.93. The molecule has 0 bridgehead atoms. The average Bonchev–Trinajstić information content (AvgIpc) is 3.25. The number of hydrogen-bond donors (Lipinski definition) is 1. The second-order valence-corrected chi connectivity index (χ2v) is 7.42. The van der Waals surface area contributed by atoms with Crippen LogP contribution in [0.15, 0.2) is 0 Å². The van der Waals surface area contributed by atoms with E-state index in [0.717, 1.165) is 25.7 Å². The maximum Gasteiger partial charge on any atom is 0.410 e. The summed E-state index contributed by atoms with van der Waals surface area (Å²) in [5, 5.41) is 10.3. The highest BCUT2D eigenvalue weighted by atomic mass is 16.6. The third-order valence-electron chi connectivity index (χ3n) is 4.68. The molecule has 2 fully saturated rings. The number of aliphatic hydroxyl groups excluding tert-OH is 1. The Hall–Kier alpha value is -1.30. The molecule has 0 aromatic carbocycles. The standard InChI is InChI=1S/C16H27NO5/c1-15(2,3)22-14(20)17-9-5-6-11(10-17)16(7-8-16)12(18)13(19)21-4/h11-12,18H,5-10H2,1-4H3. The second-order valence-electron chi connectivity index (χ2n) is 7.42. The molecule has 1 amide bonds. The highest BCUT2D eigenvalue weighted by Crippen LogP contribution is 2.57. The van der Waals surface area contributed by atoms with Crippen molar-refractivity contribution >= 4 is 12.1 Å². The number of amides is 1. The molecular formula is C16H27NO5. The lowest BCUT2D eigenvalue weighted by Gasteiger charge is -2.38. The topological polar surface area (TPSA) is 76.1 Å². The minimum Gasteiger partial charge on any atom is -0.467 e. The minimum absolute atomic E-state index is 0.114. The van der Waals surface area contributed by atoms with Gasteiger partial charge in [0, 0.05) is 18.5 Å². The number of likely N-dealkylation sites (tertiary alicyclic amines) is 1. The van der Waals surface area contributed by atoms with Crippen molar-refractivity contribution in [3.63, 3.8) is 0 Å². The summed E-state index contributed by atoms with van der Waals surface area (Å²) in [6, 6.07) is 0. The summed E-state index contributed by atoms with van der Waals surface area (Å²) in [5.74, 6) is -0.463. The van der Waals surface area contributed by atoms with Crippen molar-refractivity contribution in [3.05, 3.63) is 0 Å². The third kappa shape index (κ3) is 3.54. The van der Waals surface area contributed by atoms with E-state index in [1.54, 1.807) is 4.90 Å². The predicted molar refractivity (Wildman–Crippen MR) is 80.2 cm³/mol. The van der Waals surface area contributed by atoms with Crippen molar-refractivity contribution < 1.29 is 24.2 Å². The van der Waals surface area contributed by atoms with Gasteiger partial charge in [-0.05, 0) is 52.4 Å². The van der Waals surface area contributed by atoms with Crippen molar-refractivity contribution in [1.82, 2.24) is 4.90 Å². The molecule has 126 valence electrons. The first-order chi connectivity index (χ1) is 10.2. The van der Waals surface area contributed by atoms with E-state index in [2.05, 4.69) is 4.74 Å². The predicted octanol–water partition coefficient (Wildman–Crippen LogP) is 1.95. The summed E-state index contributed by atoms with van der Waals surface area (Å²) >= 11 is 0. The van der Waals surface area contributed by atoms with Crippen LogP contribution in [0.25, 0.3) is 0 Å². The number of carbonyl (C=O) groups is 2. The maximum atomic E-state index is 12.2. The summed E-state index contributed by atoms with van der Waals surface area (Å²) in [5.41, 5.74) is -0.944. The van der Waals surface area contributed by atoms with Gasteiger partial charge in [-0.25, -0.2) is 9.59 Å². The summed E-state index contributed by atoms with van der Waals surface area (Å²) in [6.07, 6.45) is 1.96. The quantitative estimate of drug-likeness (QED) is 0.806. The first-order valence-electron chi connectivity index (χ1n) is 7.93. The van der Waals surface area contributed by atoms with Crippen LogP contribution in [0.4, 0.5) is 4.79 Å². The number of piperidine rings is 1. The van der Waals surface area contributed by atoms with Gasteiger partial charge in [0.25, 0.3) is 0 Å². The molecule has 0 spiro atoms. The lowest BCUT2D eigenvalue weighted by atomic mass is 9.79. The monoisotopic (exact) mass is 313 g/mol. The zero-order valence-electron chi connectivity index (χ0n) is 13.9. The van der Waals surface area contributed by atoms with Crippen LogP contribution in [0.2, 0.25) is 0 Å². The Kier molecular flexibility index (Phi) is 4.70. The van der Waals surface area contributed by atoms with E-state index in [4.69, 9.17) is 4.74 Å². The molecule has 0 aromatic rings. The van der Waals surface area contributed by atoms with Gasteiger partial charge in [0.15, 0.2) is 6.10 Å². The number of nitrogens with zero attached hydrogens (tertiary/aromatic N) is 1. The van der Waals surface area contributed by atoms with Crippen molar-refractivity contribution in [2.75, 3.05) is 20.2 Å². The van der Waals surface area contributed by atoms with E-state index in [0.29, 0.717) is 13.1 Å². The van der Waals surface area contributed by atoms with Gasteiger partial charge >= 0.3 is 12.1 Å². The molecule has 2 atom stereocenters. The molecule has 2 rings (SSSR count). The van der Waals surface area contributed by atoms with Crippen LogP contribution >= 0.6 is 0 Å². The number of aliphatic hydroxyl groups is 1. The number of rotatable bonds is 3. The van der Waals surface area contributed by atoms with Crippen LogP contribution in [0, 0.1) is 11.3 Å². The Morgan fingerprint density at radius 3 is 2.45 bits per heavy atom. The molecule has 0 aromatic heterocycles. The van der Waals surface area contributed by atoms with Crippen molar-refractivity contribution in [1.29, 1.82) is 0 Å². The fourth-order valence-electron chi connectivity index (χ4n) is 3.33. The zero-order valence-corrected chi connectivity index (χ0v) is 13.9. The molecule has 1 heterocycles. The number of carbonyl (C=O) groups excluding carboxylic acids is 2. The van der Waals surface area contributed by atoms with Crippen LogP contribution in [-0.2, 0) is 14.3 Å². The van der Waals surface area contributed by atoms with E-state index in [1.807, 2.05) is 20.8 Å². The maximum absolute atomic E-state index is 12.2.